The molecule has 4 N–H and O–H groups in total. The summed E-state index contributed by atoms with van der Waals surface area (Å²) in [4.78, 5) is 18.4. The van der Waals surface area contributed by atoms with E-state index in [9.17, 15) is 10.1 Å². The predicted molar refractivity (Wildman–Crippen MR) is 76.0 cm³/mol. The second-order valence-electron chi connectivity index (χ2n) is 3.87. The standard InChI is InChI=1S/C11H11ClN6O2/c1-6-9(18(19)20)10(16-11(14-6)17-13)15-8-4-2-3-7(12)5-8/h2-5H,13H2,1H3,(H2,14,15,16,17). The zero-order valence-electron chi connectivity index (χ0n) is 10.4. The van der Waals surface area contributed by atoms with Crippen LogP contribution in [-0.4, -0.2) is 14.9 Å². The van der Waals surface area contributed by atoms with Crippen molar-refractivity contribution in [2.75, 3.05) is 10.7 Å². The summed E-state index contributed by atoms with van der Waals surface area (Å²) in [5.41, 5.74) is 2.81. The first-order chi connectivity index (χ1) is 9.51. The lowest BCUT2D eigenvalue weighted by Crippen LogP contribution is -2.13. The Kier molecular flexibility index (Phi) is 3.97. The molecular weight excluding hydrogens is 284 g/mol. The lowest BCUT2D eigenvalue weighted by atomic mass is 10.3. The summed E-state index contributed by atoms with van der Waals surface area (Å²) >= 11 is 5.86. The number of hydrogen-bond acceptors (Lipinski definition) is 7. The van der Waals surface area contributed by atoms with Crippen molar-refractivity contribution in [1.29, 1.82) is 0 Å². The Morgan fingerprint density at radius 3 is 2.75 bits per heavy atom. The molecule has 0 unspecified atom stereocenters. The van der Waals surface area contributed by atoms with Gasteiger partial charge in [-0.05, 0) is 25.1 Å². The molecule has 0 aliphatic carbocycles. The number of aromatic nitrogens is 2. The number of aryl methyl sites for hydroxylation is 1. The maximum Gasteiger partial charge on any atom is 0.332 e. The van der Waals surface area contributed by atoms with E-state index in [0.29, 0.717) is 10.7 Å². The van der Waals surface area contributed by atoms with Crippen molar-refractivity contribution in [2.24, 2.45) is 5.84 Å². The molecule has 0 spiro atoms. The number of nitrogen functional groups attached to an aromatic ring is 1. The zero-order valence-corrected chi connectivity index (χ0v) is 11.2. The van der Waals surface area contributed by atoms with Gasteiger partial charge in [0.25, 0.3) is 0 Å². The molecule has 0 aliphatic heterocycles. The zero-order chi connectivity index (χ0) is 14.7. The molecule has 9 heteroatoms. The summed E-state index contributed by atoms with van der Waals surface area (Å²) in [5, 5.41) is 14.4. The summed E-state index contributed by atoms with van der Waals surface area (Å²) in [6.45, 7) is 1.50. The first-order valence-corrected chi connectivity index (χ1v) is 5.91. The molecule has 8 nitrogen and oxygen atoms in total. The molecule has 2 rings (SSSR count). The number of halogens is 1. The largest absolute Gasteiger partial charge is 0.334 e. The van der Waals surface area contributed by atoms with Crippen LogP contribution in [-0.2, 0) is 0 Å². The molecule has 104 valence electrons. The molecule has 0 saturated carbocycles. The van der Waals surface area contributed by atoms with Gasteiger partial charge in [0.1, 0.15) is 5.69 Å². The molecule has 20 heavy (non-hydrogen) atoms. The van der Waals surface area contributed by atoms with E-state index in [4.69, 9.17) is 17.4 Å². The fraction of sp³-hybridized carbons (Fsp3) is 0.0909. The van der Waals surface area contributed by atoms with Crippen molar-refractivity contribution >= 4 is 34.7 Å². The number of benzene rings is 1. The Balaban J connectivity index is 2.48. The topological polar surface area (TPSA) is 119 Å². The molecule has 0 bridgehead atoms. The number of nitrogens with zero attached hydrogens (tertiary/aromatic N) is 3. The number of nitrogens with two attached hydrogens (primary N) is 1. The van der Waals surface area contributed by atoms with Crippen molar-refractivity contribution in [3.05, 3.63) is 45.1 Å². The quantitative estimate of drug-likeness (QED) is 0.450. The van der Waals surface area contributed by atoms with Crippen molar-refractivity contribution in [3.63, 3.8) is 0 Å². The number of anilines is 3. The third kappa shape index (κ3) is 2.92. The van der Waals surface area contributed by atoms with Gasteiger partial charge in [0.05, 0.1) is 4.92 Å². The fourth-order valence-electron chi connectivity index (χ4n) is 1.64. The second kappa shape index (κ2) is 5.68. The van der Waals surface area contributed by atoms with Crippen LogP contribution in [0.2, 0.25) is 5.02 Å². The first kappa shape index (κ1) is 14.0. The van der Waals surface area contributed by atoms with E-state index in [1.165, 1.54) is 6.92 Å². The Morgan fingerprint density at radius 2 is 2.15 bits per heavy atom. The highest BCUT2D eigenvalue weighted by Crippen LogP contribution is 2.29. The average Bonchev–Trinajstić information content (AvgIpc) is 2.37. The maximum absolute atomic E-state index is 11.1. The van der Waals surface area contributed by atoms with Crippen LogP contribution >= 0.6 is 11.6 Å². The van der Waals surface area contributed by atoms with Crippen molar-refractivity contribution < 1.29 is 4.92 Å². The van der Waals surface area contributed by atoms with Crippen LogP contribution in [0, 0.1) is 17.0 Å². The Hall–Kier alpha value is -2.45. The molecule has 0 amide bonds. The number of rotatable bonds is 4. The number of nitrogens with one attached hydrogen (secondary N) is 2. The van der Waals surface area contributed by atoms with Crippen LogP contribution in [0.3, 0.4) is 0 Å². The van der Waals surface area contributed by atoms with Crippen molar-refractivity contribution in [3.8, 4) is 0 Å². The van der Waals surface area contributed by atoms with E-state index in [1.54, 1.807) is 24.3 Å². The Morgan fingerprint density at radius 1 is 1.40 bits per heavy atom. The molecular formula is C11H11ClN6O2. The minimum atomic E-state index is -0.553. The van der Waals surface area contributed by atoms with Gasteiger partial charge in [0.15, 0.2) is 0 Å². The van der Waals surface area contributed by atoms with Gasteiger partial charge in [0.2, 0.25) is 11.8 Å². The molecule has 0 aliphatic rings. The molecule has 1 aromatic heterocycles. The average molecular weight is 295 g/mol. The van der Waals surface area contributed by atoms with Crippen LogP contribution in [0.15, 0.2) is 24.3 Å². The van der Waals surface area contributed by atoms with Gasteiger partial charge in [-0.1, -0.05) is 17.7 Å². The summed E-state index contributed by atoms with van der Waals surface area (Å²) in [6.07, 6.45) is 0. The van der Waals surface area contributed by atoms with E-state index in [-0.39, 0.29) is 23.1 Å². The SMILES string of the molecule is Cc1nc(NN)nc(Nc2cccc(Cl)c2)c1[N+](=O)[O-]. The smallest absolute Gasteiger partial charge is 0.332 e. The summed E-state index contributed by atoms with van der Waals surface area (Å²) in [7, 11) is 0. The normalized spacial score (nSPS) is 10.2. The van der Waals surface area contributed by atoms with Crippen molar-refractivity contribution in [2.45, 2.75) is 6.92 Å². The van der Waals surface area contributed by atoms with E-state index in [1.807, 2.05) is 0 Å². The van der Waals surface area contributed by atoms with Crippen molar-refractivity contribution in [1.82, 2.24) is 9.97 Å². The van der Waals surface area contributed by atoms with Crippen LogP contribution in [0.25, 0.3) is 0 Å². The fourth-order valence-corrected chi connectivity index (χ4v) is 1.83. The maximum atomic E-state index is 11.1. The first-order valence-electron chi connectivity index (χ1n) is 5.53. The van der Waals surface area contributed by atoms with E-state index >= 15 is 0 Å². The number of hydrogen-bond donors (Lipinski definition) is 3. The van der Waals surface area contributed by atoms with Gasteiger partial charge in [0, 0.05) is 10.7 Å². The highest BCUT2D eigenvalue weighted by molar-refractivity contribution is 6.30. The minimum Gasteiger partial charge on any atom is -0.334 e. The second-order valence-corrected chi connectivity index (χ2v) is 4.30. The van der Waals surface area contributed by atoms with Crippen LogP contribution in [0.5, 0.6) is 0 Å². The van der Waals surface area contributed by atoms with Gasteiger partial charge < -0.3 is 5.32 Å². The lowest BCUT2D eigenvalue weighted by Gasteiger charge is -2.09. The van der Waals surface area contributed by atoms with Crippen LogP contribution in [0.1, 0.15) is 5.69 Å². The summed E-state index contributed by atoms with van der Waals surface area (Å²) in [5.74, 6) is 5.36. The third-order valence-corrected chi connectivity index (χ3v) is 2.69. The molecule has 0 saturated heterocycles. The van der Waals surface area contributed by atoms with Gasteiger partial charge in [-0.15, -0.1) is 0 Å². The molecule has 0 fully saturated rings. The highest BCUT2D eigenvalue weighted by atomic mass is 35.5. The minimum absolute atomic E-state index is 0.0396. The summed E-state index contributed by atoms with van der Waals surface area (Å²) in [6, 6.07) is 6.74. The van der Waals surface area contributed by atoms with Gasteiger partial charge in [-0.25, -0.2) is 10.8 Å². The van der Waals surface area contributed by atoms with Crippen LogP contribution in [0.4, 0.5) is 23.1 Å². The van der Waals surface area contributed by atoms with Gasteiger partial charge >= 0.3 is 5.69 Å². The van der Waals surface area contributed by atoms with E-state index in [0.717, 1.165) is 0 Å². The molecule has 0 atom stereocenters. The summed E-state index contributed by atoms with van der Waals surface area (Å²) < 4.78 is 0. The van der Waals surface area contributed by atoms with Crippen LogP contribution < -0.4 is 16.6 Å². The Labute approximate surface area is 119 Å². The number of hydrazine groups is 1. The molecule has 1 aromatic carbocycles. The monoisotopic (exact) mass is 294 g/mol. The molecule has 1 heterocycles. The third-order valence-electron chi connectivity index (χ3n) is 2.46. The number of nitro groups is 1. The molecule has 2 aromatic rings. The predicted octanol–water partition coefficient (Wildman–Crippen LogP) is 2.38. The van der Waals surface area contributed by atoms with Gasteiger partial charge in [-0.3, -0.25) is 15.5 Å². The lowest BCUT2D eigenvalue weighted by molar-refractivity contribution is -0.385. The van der Waals surface area contributed by atoms with Gasteiger partial charge in [-0.2, -0.15) is 4.98 Å². The Bertz CT molecular complexity index is 663. The highest BCUT2D eigenvalue weighted by Gasteiger charge is 2.22. The van der Waals surface area contributed by atoms with E-state index < -0.39 is 4.92 Å². The molecule has 0 radical (unpaired) electrons. The van der Waals surface area contributed by atoms with E-state index in [2.05, 4.69) is 20.7 Å².